The summed E-state index contributed by atoms with van der Waals surface area (Å²) in [5, 5.41) is 9.53. The predicted octanol–water partition coefficient (Wildman–Crippen LogP) is 5.73. The van der Waals surface area contributed by atoms with Gasteiger partial charge in [0.25, 0.3) is 0 Å². The van der Waals surface area contributed by atoms with E-state index in [9.17, 15) is 4.79 Å². The first-order valence-electron chi connectivity index (χ1n) is 8.87. The first kappa shape index (κ1) is 18.9. The van der Waals surface area contributed by atoms with Crippen molar-refractivity contribution in [1.82, 2.24) is 0 Å². The predicted molar refractivity (Wildman–Crippen MR) is 97.6 cm³/mol. The van der Waals surface area contributed by atoms with Gasteiger partial charge in [0.2, 0.25) is 0 Å². The van der Waals surface area contributed by atoms with E-state index in [0.717, 1.165) is 35.8 Å². The van der Waals surface area contributed by atoms with Gasteiger partial charge in [-0.3, -0.25) is 4.79 Å². The number of rotatable bonds is 12. The molecule has 0 bridgehead atoms. The van der Waals surface area contributed by atoms with Crippen molar-refractivity contribution >= 4 is 17.6 Å². The van der Waals surface area contributed by atoms with E-state index >= 15 is 0 Å². The number of carbonyl (C=O) groups is 1. The second-order valence-corrected chi connectivity index (χ2v) is 7.03. The molecule has 1 saturated carbocycles. The van der Waals surface area contributed by atoms with Gasteiger partial charge < -0.3 is 9.84 Å². The van der Waals surface area contributed by atoms with Gasteiger partial charge in [-0.1, -0.05) is 55.9 Å². The summed E-state index contributed by atoms with van der Waals surface area (Å²) >= 11 is 5.83. The molecule has 0 amide bonds. The van der Waals surface area contributed by atoms with Crippen LogP contribution >= 0.6 is 11.6 Å². The topological polar surface area (TPSA) is 46.5 Å². The average Bonchev–Trinajstić information content (AvgIpc) is 3.15. The van der Waals surface area contributed by atoms with Gasteiger partial charge in [-0.25, -0.2) is 0 Å². The number of halogens is 1. The summed E-state index contributed by atoms with van der Waals surface area (Å²) in [6.45, 7) is 4.73. The van der Waals surface area contributed by atoms with E-state index in [1.54, 1.807) is 0 Å². The largest absolute Gasteiger partial charge is 0.494 e. The number of carboxylic acid groups (broad SMARTS) is 1. The highest BCUT2D eigenvalue weighted by Crippen LogP contribution is 2.49. The summed E-state index contributed by atoms with van der Waals surface area (Å²) in [7, 11) is 0. The highest BCUT2D eigenvalue weighted by atomic mass is 35.5. The Bertz CT molecular complexity index is 538. The highest BCUT2D eigenvalue weighted by Gasteiger charge is 2.42. The van der Waals surface area contributed by atoms with Gasteiger partial charge in [0.15, 0.2) is 0 Å². The summed E-state index contributed by atoms with van der Waals surface area (Å²) in [5.41, 5.74) is 1.15. The molecule has 1 aromatic carbocycles. The van der Waals surface area contributed by atoms with Crippen LogP contribution in [-0.2, 0) is 4.79 Å². The van der Waals surface area contributed by atoms with Crippen molar-refractivity contribution in [2.45, 2.75) is 51.4 Å². The SMILES string of the molecule is C=C1[C@@H](CCCCCCCCOc2ccc(Cl)cc2)[C@H]1CC(=O)O. The van der Waals surface area contributed by atoms with E-state index in [0.29, 0.717) is 5.92 Å². The molecule has 0 spiro atoms. The molecule has 132 valence electrons. The number of aliphatic carboxylic acids is 1. The van der Waals surface area contributed by atoms with E-state index < -0.39 is 5.97 Å². The minimum absolute atomic E-state index is 0.243. The summed E-state index contributed by atoms with van der Waals surface area (Å²) in [5.74, 6) is 0.880. The molecule has 0 unspecified atom stereocenters. The Morgan fingerprint density at radius 3 is 2.33 bits per heavy atom. The molecule has 2 rings (SSSR count). The molecule has 1 aromatic rings. The van der Waals surface area contributed by atoms with Crippen LogP contribution in [0, 0.1) is 11.8 Å². The van der Waals surface area contributed by atoms with Gasteiger partial charge >= 0.3 is 5.97 Å². The van der Waals surface area contributed by atoms with Crippen molar-refractivity contribution in [3.8, 4) is 5.75 Å². The molecule has 1 aliphatic carbocycles. The minimum Gasteiger partial charge on any atom is -0.494 e. The number of hydrogen-bond acceptors (Lipinski definition) is 2. The van der Waals surface area contributed by atoms with Gasteiger partial charge in [0, 0.05) is 5.02 Å². The number of allylic oxidation sites excluding steroid dienone is 1. The van der Waals surface area contributed by atoms with Crippen molar-refractivity contribution in [2.24, 2.45) is 11.8 Å². The lowest BCUT2D eigenvalue weighted by Gasteiger charge is -2.06. The van der Waals surface area contributed by atoms with Crippen LogP contribution in [0.15, 0.2) is 36.4 Å². The Labute approximate surface area is 149 Å². The molecule has 0 aliphatic heterocycles. The second kappa shape index (κ2) is 9.73. The van der Waals surface area contributed by atoms with Crippen molar-refractivity contribution < 1.29 is 14.6 Å². The molecule has 24 heavy (non-hydrogen) atoms. The van der Waals surface area contributed by atoms with E-state index in [2.05, 4.69) is 6.58 Å². The molecule has 0 heterocycles. The zero-order valence-electron chi connectivity index (χ0n) is 14.2. The Morgan fingerprint density at radius 1 is 1.04 bits per heavy atom. The molecule has 0 saturated heterocycles. The number of hydrogen-bond donors (Lipinski definition) is 1. The first-order chi connectivity index (χ1) is 11.6. The molecule has 1 fully saturated rings. The number of unbranched alkanes of at least 4 members (excludes halogenated alkanes) is 5. The van der Waals surface area contributed by atoms with Gasteiger partial charge in [0.05, 0.1) is 13.0 Å². The summed E-state index contributed by atoms with van der Waals surface area (Å²) in [6, 6.07) is 7.47. The van der Waals surface area contributed by atoms with Gasteiger partial charge in [-0.05, 0) is 48.9 Å². The van der Waals surface area contributed by atoms with E-state index in [1.165, 1.54) is 32.1 Å². The van der Waals surface area contributed by atoms with Crippen LogP contribution < -0.4 is 4.74 Å². The lowest BCUT2D eigenvalue weighted by Crippen LogP contribution is -1.97. The molecule has 0 radical (unpaired) electrons. The van der Waals surface area contributed by atoms with Gasteiger partial charge in [-0.15, -0.1) is 0 Å². The monoisotopic (exact) mass is 350 g/mol. The molecular formula is C20H27ClO3. The van der Waals surface area contributed by atoms with Gasteiger partial charge in [-0.2, -0.15) is 0 Å². The zero-order chi connectivity index (χ0) is 17.4. The first-order valence-corrected chi connectivity index (χ1v) is 9.24. The quantitative estimate of drug-likeness (QED) is 0.387. The third-order valence-electron chi connectivity index (χ3n) is 4.72. The second-order valence-electron chi connectivity index (χ2n) is 6.60. The Balaban J connectivity index is 1.40. The fourth-order valence-electron chi connectivity index (χ4n) is 3.19. The smallest absolute Gasteiger partial charge is 0.303 e. The zero-order valence-corrected chi connectivity index (χ0v) is 14.9. The van der Waals surface area contributed by atoms with Crippen LogP contribution in [0.5, 0.6) is 5.75 Å². The minimum atomic E-state index is -0.704. The molecule has 1 aliphatic rings. The molecular weight excluding hydrogens is 324 g/mol. The van der Waals surface area contributed by atoms with E-state index in [-0.39, 0.29) is 12.3 Å². The van der Waals surface area contributed by atoms with Crippen molar-refractivity contribution in [3.05, 3.63) is 41.4 Å². The normalized spacial score (nSPS) is 19.3. The van der Waals surface area contributed by atoms with Crippen LogP contribution in [0.4, 0.5) is 0 Å². The third-order valence-corrected chi connectivity index (χ3v) is 4.97. The number of benzene rings is 1. The van der Waals surface area contributed by atoms with E-state index in [4.69, 9.17) is 21.4 Å². The van der Waals surface area contributed by atoms with Crippen LogP contribution in [0.25, 0.3) is 0 Å². The maximum atomic E-state index is 10.7. The maximum absolute atomic E-state index is 10.7. The fraction of sp³-hybridized carbons (Fsp3) is 0.550. The Hall–Kier alpha value is -1.48. The van der Waals surface area contributed by atoms with Crippen LogP contribution in [-0.4, -0.2) is 17.7 Å². The van der Waals surface area contributed by atoms with Crippen molar-refractivity contribution in [3.63, 3.8) is 0 Å². The van der Waals surface area contributed by atoms with Crippen LogP contribution in [0.3, 0.4) is 0 Å². The molecule has 4 heteroatoms. The standard InChI is InChI=1S/C20H27ClO3/c1-15-18(19(15)14-20(22)23)8-6-4-2-3-5-7-13-24-17-11-9-16(21)10-12-17/h9-12,18-19H,1-8,13-14H2,(H,22,23)/t18-,19+/m1/s1. The summed E-state index contributed by atoms with van der Waals surface area (Å²) in [4.78, 5) is 10.7. The maximum Gasteiger partial charge on any atom is 0.303 e. The number of carboxylic acids is 1. The lowest BCUT2D eigenvalue weighted by atomic mass is 10.1. The lowest BCUT2D eigenvalue weighted by molar-refractivity contribution is -0.137. The van der Waals surface area contributed by atoms with Crippen molar-refractivity contribution in [1.29, 1.82) is 0 Å². The summed E-state index contributed by atoms with van der Waals surface area (Å²) < 4.78 is 5.67. The molecule has 1 N–H and O–H groups in total. The fourth-order valence-corrected chi connectivity index (χ4v) is 3.31. The number of ether oxygens (including phenoxy) is 1. The molecule has 0 aromatic heterocycles. The van der Waals surface area contributed by atoms with Crippen LogP contribution in [0.2, 0.25) is 5.02 Å². The Morgan fingerprint density at radius 2 is 1.67 bits per heavy atom. The Kier molecular flexibility index (Phi) is 7.64. The van der Waals surface area contributed by atoms with Gasteiger partial charge in [0.1, 0.15) is 5.75 Å². The third kappa shape index (κ3) is 6.56. The average molecular weight is 351 g/mol. The van der Waals surface area contributed by atoms with E-state index in [1.807, 2.05) is 24.3 Å². The molecule has 3 nitrogen and oxygen atoms in total. The van der Waals surface area contributed by atoms with Crippen molar-refractivity contribution in [2.75, 3.05) is 6.61 Å². The molecule has 2 atom stereocenters. The summed E-state index contributed by atoms with van der Waals surface area (Å²) in [6.07, 6.45) is 8.50. The highest BCUT2D eigenvalue weighted by molar-refractivity contribution is 6.30. The van der Waals surface area contributed by atoms with Crippen LogP contribution in [0.1, 0.15) is 51.4 Å².